The Balaban J connectivity index is 1.28. The van der Waals surface area contributed by atoms with Crippen molar-refractivity contribution in [3.63, 3.8) is 0 Å². The maximum absolute atomic E-state index is 16.1. The van der Waals surface area contributed by atoms with Crippen molar-refractivity contribution in [1.29, 1.82) is 0 Å². The summed E-state index contributed by atoms with van der Waals surface area (Å²) in [4.78, 5) is 33.7. The Bertz CT molecular complexity index is 977. The summed E-state index contributed by atoms with van der Waals surface area (Å²) in [6.45, 7) is 2.49. The van der Waals surface area contributed by atoms with E-state index >= 15 is 4.39 Å². The van der Waals surface area contributed by atoms with Crippen LogP contribution in [-0.2, 0) is 14.3 Å². The lowest BCUT2D eigenvalue weighted by Gasteiger charge is -2.62. The fourth-order valence-electron chi connectivity index (χ4n) is 9.15. The third kappa shape index (κ3) is 3.90. The molecule has 4 aliphatic heterocycles. The zero-order chi connectivity index (χ0) is 25.4. The van der Waals surface area contributed by atoms with Crippen molar-refractivity contribution < 1.29 is 18.7 Å². The topological polar surface area (TPSA) is 105 Å². The Morgan fingerprint density at radius 2 is 1.73 bits per heavy atom. The molecule has 4 heterocycles. The first-order valence-corrected chi connectivity index (χ1v) is 14.8. The van der Waals surface area contributed by atoms with Crippen molar-refractivity contribution in [2.24, 2.45) is 29.2 Å². The Labute approximate surface area is 218 Å². The van der Waals surface area contributed by atoms with Gasteiger partial charge >= 0.3 is 0 Å². The summed E-state index contributed by atoms with van der Waals surface area (Å²) in [7, 11) is 0. The summed E-state index contributed by atoms with van der Waals surface area (Å²) in [5.74, 6) is 0.135. The number of rotatable bonds is 2. The first-order valence-electron chi connectivity index (χ1n) is 14.8. The number of nitrogens with two attached hydrogens (primary N) is 2. The number of hydrogen-bond donors (Lipinski definition) is 2. The number of hydrogen-bond acceptors (Lipinski definition) is 7. The molecule has 0 bridgehead atoms. The number of alkyl halides is 1. The molecule has 0 aromatic heterocycles. The van der Waals surface area contributed by atoms with E-state index in [2.05, 4.69) is 9.80 Å². The normalized spacial score (nSPS) is 47.8. The number of halogens is 1. The minimum Gasteiger partial charge on any atom is -0.369 e. The van der Waals surface area contributed by atoms with Gasteiger partial charge in [0, 0.05) is 50.4 Å². The summed E-state index contributed by atoms with van der Waals surface area (Å²) in [5, 5.41) is 0. The van der Waals surface area contributed by atoms with Crippen LogP contribution in [0.2, 0.25) is 0 Å². The molecule has 0 radical (unpaired) electrons. The number of likely N-dealkylation sites (tertiary alicyclic amines) is 2. The molecule has 11 atom stereocenters. The van der Waals surface area contributed by atoms with Crippen molar-refractivity contribution >= 4 is 11.7 Å². The first kappa shape index (κ1) is 24.5. The van der Waals surface area contributed by atoms with Gasteiger partial charge in [-0.25, -0.2) is 4.39 Å². The second kappa shape index (κ2) is 9.28. The van der Waals surface area contributed by atoms with Gasteiger partial charge in [0.05, 0.1) is 35.9 Å². The first-order chi connectivity index (χ1) is 17.9. The number of amides is 1. The van der Waals surface area contributed by atoms with E-state index < -0.39 is 24.2 Å². The minimum absolute atomic E-state index is 0.0195. The number of morpholine rings is 1. The summed E-state index contributed by atoms with van der Waals surface area (Å²) in [6, 6.07) is -0.472. The van der Waals surface area contributed by atoms with Gasteiger partial charge in [0.25, 0.3) is 5.91 Å². The Morgan fingerprint density at radius 3 is 2.49 bits per heavy atom. The van der Waals surface area contributed by atoms with Crippen LogP contribution in [0, 0.1) is 17.8 Å². The lowest BCUT2D eigenvalue weighted by atomic mass is 9.64. The lowest BCUT2D eigenvalue weighted by molar-refractivity contribution is -0.231. The molecule has 1 amide bonds. The molecular weight excluding hydrogens is 473 g/mol. The van der Waals surface area contributed by atoms with Crippen LogP contribution in [0.5, 0.6) is 0 Å². The zero-order valence-corrected chi connectivity index (χ0v) is 21.7. The van der Waals surface area contributed by atoms with Gasteiger partial charge in [-0.2, -0.15) is 0 Å². The molecule has 3 saturated carbocycles. The van der Waals surface area contributed by atoms with Crippen LogP contribution in [0.1, 0.15) is 57.8 Å². The predicted octanol–water partition coefficient (Wildman–Crippen LogP) is 1.18. The molecule has 0 aromatic rings. The lowest BCUT2D eigenvalue weighted by Crippen LogP contribution is -2.74. The second-order valence-corrected chi connectivity index (χ2v) is 13.0. The Hall–Kier alpha value is -1.55. The van der Waals surface area contributed by atoms with Gasteiger partial charge in [-0.3, -0.25) is 14.5 Å². The quantitative estimate of drug-likeness (QED) is 0.532. The third-order valence-corrected chi connectivity index (χ3v) is 10.9. The number of ketones is 1. The van der Waals surface area contributed by atoms with Gasteiger partial charge in [-0.15, -0.1) is 0 Å². The van der Waals surface area contributed by atoms with E-state index in [9.17, 15) is 9.59 Å². The van der Waals surface area contributed by atoms with E-state index in [1.807, 2.05) is 6.20 Å². The molecule has 7 aliphatic rings. The van der Waals surface area contributed by atoms with E-state index in [4.69, 9.17) is 16.2 Å². The molecule has 6 fully saturated rings. The number of carbonyl (C=O) groups is 2. The summed E-state index contributed by atoms with van der Waals surface area (Å²) in [5.41, 5.74) is 12.6. The molecule has 204 valence electrons. The maximum Gasteiger partial charge on any atom is 0.259 e. The standard InChI is InChI=1S/C28H42FN5O3/c29-21-11-19-23-27(24(21)32-9-7-16(30)12-32)37-26-18-4-2-1-3-15(18)5-6-22(26)34(23)14-20(25(19)35)28(36)33-10-8-17(31)13-33/h14-19,21-24,26-27H,1-13,30-31H2/t15?,16-,17-,18?,19?,21?,22?,23?,24?,26?,27?/m1/s1. The number of Topliss-reactive ketones (excluding diaryl/α,β-unsaturated/α-hetero) is 1. The largest absolute Gasteiger partial charge is 0.369 e. The highest BCUT2D eigenvalue weighted by Crippen LogP contribution is 2.51. The summed E-state index contributed by atoms with van der Waals surface area (Å²) >= 11 is 0. The fraction of sp³-hybridized carbons (Fsp3) is 0.857. The monoisotopic (exact) mass is 515 g/mol. The smallest absolute Gasteiger partial charge is 0.259 e. The van der Waals surface area contributed by atoms with Gasteiger partial charge < -0.3 is 26.0 Å². The number of carbonyl (C=O) groups excluding carboxylic acids is 2. The molecule has 8 nitrogen and oxygen atoms in total. The minimum atomic E-state index is -1.18. The molecule has 0 aromatic carbocycles. The fourth-order valence-corrected chi connectivity index (χ4v) is 9.15. The zero-order valence-electron chi connectivity index (χ0n) is 21.7. The predicted molar refractivity (Wildman–Crippen MR) is 136 cm³/mol. The van der Waals surface area contributed by atoms with Crippen molar-refractivity contribution in [3.8, 4) is 0 Å². The van der Waals surface area contributed by atoms with Crippen molar-refractivity contribution in [2.45, 2.75) is 106 Å². The van der Waals surface area contributed by atoms with Gasteiger partial charge in [-0.05, 0) is 50.4 Å². The van der Waals surface area contributed by atoms with E-state index in [-0.39, 0.29) is 54.0 Å². The van der Waals surface area contributed by atoms with E-state index in [1.165, 1.54) is 19.3 Å². The van der Waals surface area contributed by atoms with Crippen LogP contribution >= 0.6 is 0 Å². The van der Waals surface area contributed by atoms with Gasteiger partial charge in [0.15, 0.2) is 5.78 Å². The molecule has 4 N–H and O–H groups in total. The average molecular weight is 516 g/mol. The van der Waals surface area contributed by atoms with E-state index in [0.29, 0.717) is 31.5 Å². The third-order valence-electron chi connectivity index (χ3n) is 10.9. The number of ether oxygens (including phenoxy) is 1. The molecule has 9 heteroatoms. The Morgan fingerprint density at radius 1 is 0.946 bits per heavy atom. The van der Waals surface area contributed by atoms with E-state index in [1.54, 1.807) is 4.90 Å². The van der Waals surface area contributed by atoms with Crippen molar-refractivity contribution in [2.75, 3.05) is 26.2 Å². The van der Waals surface area contributed by atoms with Gasteiger partial charge in [-0.1, -0.05) is 19.3 Å². The van der Waals surface area contributed by atoms with Gasteiger partial charge in [0.2, 0.25) is 0 Å². The molecule has 37 heavy (non-hydrogen) atoms. The summed E-state index contributed by atoms with van der Waals surface area (Å²) in [6.07, 6.45) is 9.13. The van der Waals surface area contributed by atoms with Gasteiger partial charge in [0.1, 0.15) is 6.17 Å². The molecule has 3 saturated heterocycles. The van der Waals surface area contributed by atoms with Crippen LogP contribution in [0.15, 0.2) is 11.8 Å². The average Bonchev–Trinajstić information content (AvgIpc) is 3.53. The van der Waals surface area contributed by atoms with Crippen LogP contribution in [-0.4, -0.2) is 101 Å². The van der Waals surface area contributed by atoms with Crippen LogP contribution in [0.4, 0.5) is 4.39 Å². The summed E-state index contributed by atoms with van der Waals surface area (Å²) < 4.78 is 23.2. The molecule has 7 rings (SSSR count). The highest BCUT2D eigenvalue weighted by molar-refractivity contribution is 6.20. The highest BCUT2D eigenvalue weighted by atomic mass is 19.1. The molecular formula is C28H42FN5O3. The molecule has 0 spiro atoms. The van der Waals surface area contributed by atoms with Crippen molar-refractivity contribution in [3.05, 3.63) is 11.8 Å². The molecule has 3 aliphatic carbocycles. The van der Waals surface area contributed by atoms with E-state index in [0.717, 1.165) is 38.6 Å². The molecule has 9 unspecified atom stereocenters. The number of fused-ring (bicyclic) bond motifs is 4. The Kier molecular flexibility index (Phi) is 6.14. The maximum atomic E-state index is 16.1. The highest BCUT2D eigenvalue weighted by Gasteiger charge is 2.61. The second-order valence-electron chi connectivity index (χ2n) is 13.0. The van der Waals surface area contributed by atoms with Crippen LogP contribution in [0.3, 0.4) is 0 Å². The SMILES string of the molecule is N[C@@H]1CCN(C(=O)C2=CN3C4CCC5CCCCC5C4OC4C(N5CC[C@@H](N)C5)C(F)CC(C2=O)C43)C1. The van der Waals surface area contributed by atoms with Crippen LogP contribution in [0.25, 0.3) is 0 Å². The van der Waals surface area contributed by atoms with Crippen molar-refractivity contribution in [1.82, 2.24) is 14.7 Å². The number of nitrogens with zero attached hydrogens (tertiary/aromatic N) is 3. The van der Waals surface area contributed by atoms with Crippen LogP contribution < -0.4 is 11.5 Å².